The van der Waals surface area contributed by atoms with E-state index in [-0.39, 0.29) is 18.2 Å². The summed E-state index contributed by atoms with van der Waals surface area (Å²) in [6.45, 7) is 6.86. The Morgan fingerprint density at radius 1 is 0.969 bits per heavy atom. The van der Waals surface area contributed by atoms with Crippen molar-refractivity contribution in [3.63, 3.8) is 0 Å². The van der Waals surface area contributed by atoms with E-state index in [0.29, 0.717) is 35.5 Å². The molecule has 1 atom stereocenters. The standard InChI is InChI=1S/C25H33ClN2O4/c1-17(2)12-13-27-25(30)18(3)28(16-19-6-9-21(26)10-7-19)24(29)15-20-8-11-22(31-4)23(14-20)32-5/h6-11,14,17-18H,12-13,15-16H2,1-5H3,(H,27,30). The van der Waals surface area contributed by atoms with Crippen LogP contribution in [0.5, 0.6) is 11.5 Å². The Bertz CT molecular complexity index is 899. The highest BCUT2D eigenvalue weighted by Crippen LogP contribution is 2.28. The maximum Gasteiger partial charge on any atom is 0.242 e. The summed E-state index contributed by atoms with van der Waals surface area (Å²) < 4.78 is 10.6. The lowest BCUT2D eigenvalue weighted by atomic mass is 10.1. The molecule has 2 aromatic rings. The van der Waals surface area contributed by atoms with E-state index in [2.05, 4.69) is 19.2 Å². The normalized spacial score (nSPS) is 11.7. The Balaban J connectivity index is 2.21. The first-order valence-corrected chi connectivity index (χ1v) is 11.2. The highest BCUT2D eigenvalue weighted by atomic mass is 35.5. The van der Waals surface area contributed by atoms with Crippen LogP contribution in [-0.4, -0.2) is 43.5 Å². The number of nitrogens with one attached hydrogen (secondary N) is 1. The van der Waals surface area contributed by atoms with Crippen LogP contribution in [0.15, 0.2) is 42.5 Å². The number of nitrogens with zero attached hydrogens (tertiary/aromatic N) is 1. The Morgan fingerprint density at radius 3 is 2.19 bits per heavy atom. The summed E-state index contributed by atoms with van der Waals surface area (Å²) in [5.74, 6) is 1.32. The van der Waals surface area contributed by atoms with Gasteiger partial charge in [-0.3, -0.25) is 9.59 Å². The van der Waals surface area contributed by atoms with E-state index in [1.165, 1.54) is 0 Å². The molecule has 0 heterocycles. The van der Waals surface area contributed by atoms with E-state index in [1.54, 1.807) is 50.3 Å². The molecule has 0 radical (unpaired) electrons. The second-order valence-corrected chi connectivity index (χ2v) is 8.60. The first-order valence-electron chi connectivity index (χ1n) is 10.8. The monoisotopic (exact) mass is 460 g/mol. The topological polar surface area (TPSA) is 67.9 Å². The minimum Gasteiger partial charge on any atom is -0.493 e. The van der Waals surface area contributed by atoms with Crippen LogP contribution in [0.2, 0.25) is 5.02 Å². The Labute approximate surface area is 195 Å². The largest absolute Gasteiger partial charge is 0.493 e. The van der Waals surface area contributed by atoms with Crippen LogP contribution in [0.25, 0.3) is 0 Å². The SMILES string of the molecule is COc1ccc(CC(=O)N(Cc2ccc(Cl)cc2)C(C)C(=O)NCCC(C)C)cc1OC. The van der Waals surface area contributed by atoms with Crippen molar-refractivity contribution < 1.29 is 19.1 Å². The summed E-state index contributed by atoms with van der Waals surface area (Å²) in [4.78, 5) is 27.7. The molecule has 0 spiro atoms. The first-order chi connectivity index (χ1) is 15.2. The summed E-state index contributed by atoms with van der Waals surface area (Å²) in [7, 11) is 3.12. The van der Waals surface area contributed by atoms with Crippen LogP contribution in [0.1, 0.15) is 38.3 Å². The molecule has 32 heavy (non-hydrogen) atoms. The van der Waals surface area contributed by atoms with Gasteiger partial charge in [0.2, 0.25) is 11.8 Å². The molecule has 0 aliphatic carbocycles. The molecule has 0 aromatic heterocycles. The van der Waals surface area contributed by atoms with Crippen LogP contribution < -0.4 is 14.8 Å². The number of hydrogen-bond donors (Lipinski definition) is 1. The number of amides is 2. The third-order valence-corrected chi connectivity index (χ3v) is 5.51. The molecule has 0 saturated heterocycles. The Hall–Kier alpha value is -2.73. The number of carbonyl (C=O) groups excluding carboxylic acids is 2. The summed E-state index contributed by atoms with van der Waals surface area (Å²) in [5, 5.41) is 3.57. The number of carbonyl (C=O) groups is 2. The van der Waals surface area contributed by atoms with Crippen molar-refractivity contribution in [1.29, 1.82) is 0 Å². The molecule has 0 saturated carbocycles. The molecule has 2 amide bonds. The van der Waals surface area contributed by atoms with Crippen molar-refractivity contribution in [2.24, 2.45) is 5.92 Å². The van der Waals surface area contributed by atoms with Crippen molar-refractivity contribution in [1.82, 2.24) is 10.2 Å². The quantitative estimate of drug-likeness (QED) is 0.536. The maximum absolute atomic E-state index is 13.3. The number of benzene rings is 2. The predicted octanol–water partition coefficient (Wildman–Crippen LogP) is 4.48. The van der Waals surface area contributed by atoms with Gasteiger partial charge in [-0.15, -0.1) is 0 Å². The Kier molecular flexibility index (Phi) is 9.85. The Morgan fingerprint density at radius 2 is 1.59 bits per heavy atom. The molecular weight excluding hydrogens is 428 g/mol. The lowest BCUT2D eigenvalue weighted by Gasteiger charge is -2.29. The van der Waals surface area contributed by atoms with E-state index in [4.69, 9.17) is 21.1 Å². The second kappa shape index (κ2) is 12.3. The minimum absolute atomic E-state index is 0.136. The highest BCUT2D eigenvalue weighted by molar-refractivity contribution is 6.30. The average Bonchev–Trinajstić information content (AvgIpc) is 2.77. The fourth-order valence-corrected chi connectivity index (χ4v) is 3.39. The van der Waals surface area contributed by atoms with Gasteiger partial charge in [0.05, 0.1) is 20.6 Å². The van der Waals surface area contributed by atoms with Crippen molar-refractivity contribution in [2.75, 3.05) is 20.8 Å². The molecule has 0 fully saturated rings. The maximum atomic E-state index is 13.3. The van der Waals surface area contributed by atoms with Gasteiger partial charge < -0.3 is 19.7 Å². The van der Waals surface area contributed by atoms with Gasteiger partial charge in [0.1, 0.15) is 6.04 Å². The summed E-state index contributed by atoms with van der Waals surface area (Å²) in [6, 6.07) is 12.0. The van der Waals surface area contributed by atoms with Gasteiger partial charge in [0.15, 0.2) is 11.5 Å². The van der Waals surface area contributed by atoms with Gasteiger partial charge in [0, 0.05) is 18.1 Å². The van der Waals surface area contributed by atoms with E-state index >= 15 is 0 Å². The number of ether oxygens (including phenoxy) is 2. The van der Waals surface area contributed by atoms with Crippen molar-refractivity contribution in [3.05, 3.63) is 58.6 Å². The van der Waals surface area contributed by atoms with Gasteiger partial charge in [-0.05, 0) is 54.7 Å². The molecule has 0 aliphatic rings. The number of rotatable bonds is 11. The third-order valence-electron chi connectivity index (χ3n) is 5.26. The van der Waals surface area contributed by atoms with Gasteiger partial charge in [0.25, 0.3) is 0 Å². The summed E-state index contributed by atoms with van der Waals surface area (Å²) in [6.07, 6.45) is 1.02. The zero-order chi connectivity index (χ0) is 23.7. The lowest BCUT2D eigenvalue weighted by Crippen LogP contribution is -2.48. The molecule has 1 unspecified atom stereocenters. The third kappa shape index (κ3) is 7.45. The van der Waals surface area contributed by atoms with E-state index in [0.717, 1.165) is 17.5 Å². The second-order valence-electron chi connectivity index (χ2n) is 8.16. The van der Waals surface area contributed by atoms with E-state index in [1.807, 2.05) is 18.2 Å². The minimum atomic E-state index is -0.620. The molecule has 2 rings (SSSR count). The molecule has 7 heteroatoms. The molecular formula is C25H33ClN2O4. The number of methoxy groups -OCH3 is 2. The van der Waals surface area contributed by atoms with Crippen LogP contribution in [0.4, 0.5) is 0 Å². The van der Waals surface area contributed by atoms with Gasteiger partial charge >= 0.3 is 0 Å². The fraction of sp³-hybridized carbons (Fsp3) is 0.440. The van der Waals surface area contributed by atoms with Crippen LogP contribution >= 0.6 is 11.6 Å². The van der Waals surface area contributed by atoms with Crippen molar-refractivity contribution in [2.45, 2.75) is 46.2 Å². The number of hydrogen-bond acceptors (Lipinski definition) is 4. The zero-order valence-corrected chi connectivity index (χ0v) is 20.2. The van der Waals surface area contributed by atoms with Crippen molar-refractivity contribution >= 4 is 23.4 Å². The van der Waals surface area contributed by atoms with Gasteiger partial charge in [-0.2, -0.15) is 0 Å². The van der Waals surface area contributed by atoms with Crippen LogP contribution in [0.3, 0.4) is 0 Å². The fourth-order valence-electron chi connectivity index (χ4n) is 3.27. The smallest absolute Gasteiger partial charge is 0.242 e. The molecule has 2 aromatic carbocycles. The zero-order valence-electron chi connectivity index (χ0n) is 19.5. The lowest BCUT2D eigenvalue weighted by molar-refractivity contribution is -0.140. The summed E-state index contributed by atoms with van der Waals surface area (Å²) in [5.41, 5.74) is 1.68. The van der Waals surface area contributed by atoms with Crippen LogP contribution in [-0.2, 0) is 22.6 Å². The molecule has 174 valence electrons. The van der Waals surface area contributed by atoms with Gasteiger partial charge in [-0.1, -0.05) is 43.6 Å². The van der Waals surface area contributed by atoms with E-state index < -0.39 is 6.04 Å². The average molecular weight is 461 g/mol. The van der Waals surface area contributed by atoms with E-state index in [9.17, 15) is 9.59 Å². The predicted molar refractivity (Wildman–Crippen MR) is 127 cm³/mol. The number of halogens is 1. The molecule has 6 nitrogen and oxygen atoms in total. The molecule has 0 bridgehead atoms. The summed E-state index contributed by atoms with van der Waals surface area (Å²) >= 11 is 6.00. The molecule has 0 aliphatic heterocycles. The highest BCUT2D eigenvalue weighted by Gasteiger charge is 2.26. The van der Waals surface area contributed by atoms with Gasteiger partial charge in [-0.25, -0.2) is 0 Å². The first kappa shape index (κ1) is 25.5. The van der Waals surface area contributed by atoms with Crippen LogP contribution in [0, 0.1) is 5.92 Å². The van der Waals surface area contributed by atoms with Crippen molar-refractivity contribution in [3.8, 4) is 11.5 Å². The molecule has 1 N–H and O–H groups in total.